The van der Waals surface area contributed by atoms with Gasteiger partial charge in [-0.2, -0.15) is 0 Å². The third kappa shape index (κ3) is 11.2. The van der Waals surface area contributed by atoms with Gasteiger partial charge in [0, 0.05) is 116 Å². The summed E-state index contributed by atoms with van der Waals surface area (Å²) in [4.78, 5) is 84.5. The Kier molecular flexibility index (Phi) is 19.2. The van der Waals surface area contributed by atoms with Gasteiger partial charge < -0.3 is 9.80 Å². The highest BCUT2D eigenvalue weighted by molar-refractivity contribution is 6.29. The molecule has 3 heterocycles. The number of carbonyl (C=O) groups excluding carboxylic acids is 6. The van der Waals surface area contributed by atoms with Crippen LogP contribution in [0.3, 0.4) is 0 Å². The topological polar surface area (TPSA) is 119 Å². The van der Waals surface area contributed by atoms with E-state index in [4.69, 9.17) is 0 Å². The summed E-state index contributed by atoms with van der Waals surface area (Å²) in [7, 11) is 7.83. The van der Waals surface area contributed by atoms with Crippen molar-refractivity contribution in [1.29, 1.82) is 0 Å². The van der Waals surface area contributed by atoms with E-state index in [1.807, 2.05) is 228 Å². The van der Waals surface area contributed by atoms with Gasteiger partial charge in [-0.05, 0) is 116 Å². The molecule has 6 amide bonds. The minimum absolute atomic E-state index is 0.207. The number of benzene rings is 6. The molecule has 0 unspecified atom stereocenters. The Bertz CT molecular complexity index is 2710. The lowest BCUT2D eigenvalue weighted by Crippen LogP contribution is -2.51. The molecule has 0 spiro atoms. The SMILES string of the molecule is CC.CC.CC.CC.CC(C)(C)N1C(=O)c2cccc3cccc(c23)C1=O.CN(C)c1ccc2c3c(cccc13)C(=O)N(C(C)(C)C)C2=O.CN(C)c1ccc2c3c(cccc13)C(=O)N(C(C)(C)C)C2=O. The van der Waals surface area contributed by atoms with Gasteiger partial charge in [-0.25, -0.2) is 0 Å². The zero-order valence-electron chi connectivity index (χ0n) is 46.4. The van der Waals surface area contributed by atoms with Crippen LogP contribution in [0, 0.1) is 0 Å². The van der Waals surface area contributed by atoms with Gasteiger partial charge >= 0.3 is 0 Å². The Morgan fingerprint density at radius 1 is 0.310 bits per heavy atom. The van der Waals surface area contributed by atoms with Crippen molar-refractivity contribution < 1.29 is 28.8 Å². The summed E-state index contributed by atoms with van der Waals surface area (Å²) in [6, 6.07) is 30.0. The highest BCUT2D eigenvalue weighted by Crippen LogP contribution is 2.39. The molecule has 0 atom stereocenters. The number of anilines is 2. The fourth-order valence-electron chi connectivity index (χ4n) is 8.80. The zero-order valence-corrected chi connectivity index (χ0v) is 46.4. The van der Waals surface area contributed by atoms with Gasteiger partial charge in [0.1, 0.15) is 0 Å². The van der Waals surface area contributed by atoms with Gasteiger partial charge in [0.2, 0.25) is 0 Å². The van der Waals surface area contributed by atoms with Gasteiger partial charge in [-0.15, -0.1) is 0 Å². The van der Waals surface area contributed by atoms with Crippen molar-refractivity contribution in [3.8, 4) is 0 Å². The van der Waals surface area contributed by atoms with Crippen LogP contribution in [-0.4, -0.2) is 95.0 Å². The first kappa shape index (κ1) is 58.4. The Balaban J connectivity index is 0.000000263. The molecule has 0 saturated carbocycles. The minimum Gasteiger partial charge on any atom is -0.377 e. The fourth-order valence-corrected chi connectivity index (χ4v) is 8.80. The number of hydrogen-bond donors (Lipinski definition) is 0. The first-order valence-electron chi connectivity index (χ1n) is 25.0. The van der Waals surface area contributed by atoms with Crippen LogP contribution in [0.25, 0.3) is 32.3 Å². The molecular formula is C60H79N5O6. The highest BCUT2D eigenvalue weighted by Gasteiger charge is 2.42. The summed E-state index contributed by atoms with van der Waals surface area (Å²) in [6.45, 7) is 32.9. The maximum absolute atomic E-state index is 12.8. The van der Waals surface area contributed by atoms with Crippen molar-refractivity contribution >= 4 is 79.1 Å². The van der Waals surface area contributed by atoms with Crippen LogP contribution in [0.1, 0.15) is 180 Å². The number of hydrogen-bond acceptors (Lipinski definition) is 8. The second kappa shape index (κ2) is 23.4. The molecule has 71 heavy (non-hydrogen) atoms. The van der Waals surface area contributed by atoms with E-state index in [1.54, 1.807) is 24.3 Å². The molecule has 11 nitrogen and oxygen atoms in total. The Morgan fingerprint density at radius 2 is 0.535 bits per heavy atom. The molecule has 0 aromatic heterocycles. The second-order valence-corrected chi connectivity index (χ2v) is 19.6. The summed E-state index contributed by atoms with van der Waals surface area (Å²) in [5, 5.41) is 5.13. The molecule has 0 saturated heterocycles. The second-order valence-electron chi connectivity index (χ2n) is 19.6. The maximum atomic E-state index is 12.8. The van der Waals surface area contributed by atoms with E-state index in [2.05, 4.69) is 0 Å². The smallest absolute Gasteiger partial charge is 0.261 e. The van der Waals surface area contributed by atoms with Crippen LogP contribution in [0.4, 0.5) is 11.4 Å². The first-order chi connectivity index (χ1) is 33.4. The lowest BCUT2D eigenvalue weighted by molar-refractivity contribution is 0.0442. The number of rotatable bonds is 2. The van der Waals surface area contributed by atoms with Crippen molar-refractivity contribution in [2.24, 2.45) is 0 Å². The van der Waals surface area contributed by atoms with Crippen molar-refractivity contribution in [1.82, 2.24) is 14.7 Å². The van der Waals surface area contributed by atoms with Crippen LogP contribution < -0.4 is 9.80 Å². The molecule has 380 valence electrons. The largest absolute Gasteiger partial charge is 0.377 e. The Hall–Kier alpha value is -6.88. The van der Waals surface area contributed by atoms with Gasteiger partial charge in [-0.3, -0.25) is 43.5 Å². The van der Waals surface area contributed by atoms with Crippen LogP contribution in [0.15, 0.2) is 97.1 Å². The highest BCUT2D eigenvalue weighted by atomic mass is 16.2. The predicted molar refractivity (Wildman–Crippen MR) is 297 cm³/mol. The lowest BCUT2D eigenvalue weighted by Gasteiger charge is -2.37. The molecule has 6 aromatic rings. The molecular weight excluding hydrogens is 887 g/mol. The van der Waals surface area contributed by atoms with E-state index in [-0.39, 0.29) is 35.4 Å². The van der Waals surface area contributed by atoms with Gasteiger partial charge in [0.25, 0.3) is 35.4 Å². The van der Waals surface area contributed by atoms with Gasteiger partial charge in [0.05, 0.1) is 0 Å². The molecule has 0 bridgehead atoms. The normalized spacial score (nSPS) is 13.5. The summed E-state index contributed by atoms with van der Waals surface area (Å²) in [6.07, 6.45) is 0. The number of nitrogens with zero attached hydrogens (tertiary/aromatic N) is 5. The third-order valence-electron chi connectivity index (χ3n) is 11.5. The summed E-state index contributed by atoms with van der Waals surface area (Å²) >= 11 is 0. The molecule has 9 rings (SSSR count). The Labute approximate surface area is 423 Å². The number of carbonyl (C=O) groups is 6. The van der Waals surface area contributed by atoms with Crippen molar-refractivity contribution in [3.63, 3.8) is 0 Å². The predicted octanol–water partition coefficient (Wildman–Crippen LogP) is 13.9. The zero-order chi connectivity index (χ0) is 54.2. The van der Waals surface area contributed by atoms with Crippen LogP contribution in [0.2, 0.25) is 0 Å². The molecule has 6 aromatic carbocycles. The van der Waals surface area contributed by atoms with E-state index in [0.29, 0.717) is 33.4 Å². The van der Waals surface area contributed by atoms with Crippen LogP contribution in [0.5, 0.6) is 0 Å². The summed E-state index contributed by atoms with van der Waals surface area (Å²) < 4.78 is 0. The molecule has 0 N–H and O–H groups in total. The average molecular weight is 966 g/mol. The minimum atomic E-state index is -0.547. The van der Waals surface area contributed by atoms with Crippen LogP contribution in [-0.2, 0) is 0 Å². The van der Waals surface area contributed by atoms with E-state index >= 15 is 0 Å². The van der Waals surface area contributed by atoms with Crippen molar-refractivity contribution in [3.05, 3.63) is 130 Å². The molecule has 3 aliphatic heterocycles. The van der Waals surface area contributed by atoms with Gasteiger partial charge in [0.15, 0.2) is 0 Å². The van der Waals surface area contributed by atoms with Crippen molar-refractivity contribution in [2.45, 2.75) is 134 Å². The number of amides is 6. The number of imide groups is 3. The lowest BCUT2D eigenvalue weighted by atomic mass is 9.90. The molecule has 0 radical (unpaired) electrons. The first-order valence-corrected chi connectivity index (χ1v) is 25.0. The average Bonchev–Trinajstić information content (AvgIpc) is 3.33. The van der Waals surface area contributed by atoms with E-state index in [1.165, 1.54) is 14.7 Å². The molecule has 0 aliphatic carbocycles. The maximum Gasteiger partial charge on any atom is 0.261 e. The third-order valence-corrected chi connectivity index (χ3v) is 11.5. The standard InChI is InChI=1S/2C18H20N2O2.C16H15NO2.4C2H6/c2*1-18(2,3)20-16(21)12-8-6-7-11-14(19(4)5)10-9-13(15(11)12)17(20)22;1-16(2,3)17-14(18)11-8-4-6-10-7-5-9-12(13(10)11)15(17)19;4*1-2/h2*6-10H,1-5H3;4-9H,1-3H3;4*1-2H3. The van der Waals surface area contributed by atoms with E-state index in [9.17, 15) is 28.8 Å². The molecule has 11 heteroatoms. The molecule has 3 aliphatic rings. The quantitative estimate of drug-likeness (QED) is 0.157. The summed E-state index contributed by atoms with van der Waals surface area (Å²) in [5.41, 5.74) is 4.03. The monoisotopic (exact) mass is 966 g/mol. The summed E-state index contributed by atoms with van der Waals surface area (Å²) in [5.74, 6) is -1.28. The Morgan fingerprint density at radius 3 is 0.775 bits per heavy atom. The van der Waals surface area contributed by atoms with E-state index in [0.717, 1.165) is 43.7 Å². The molecule has 0 fully saturated rings. The van der Waals surface area contributed by atoms with Gasteiger partial charge in [-0.1, -0.05) is 104 Å². The fraction of sp³-hybridized carbons (Fsp3) is 0.400. The van der Waals surface area contributed by atoms with Crippen LogP contribution >= 0.6 is 0 Å². The van der Waals surface area contributed by atoms with Crippen molar-refractivity contribution in [2.75, 3.05) is 38.0 Å². The van der Waals surface area contributed by atoms with E-state index < -0.39 is 16.6 Å².